The molecule has 1 heterocycles. The predicted octanol–water partition coefficient (Wildman–Crippen LogP) is 0.827. The Hall–Kier alpha value is -0.160. The highest BCUT2D eigenvalue weighted by atomic mass is 16.5. The largest absolute Gasteiger partial charge is 0.392 e. The molecule has 0 amide bonds. The average Bonchev–Trinajstić information content (AvgIpc) is 2.51. The summed E-state index contributed by atoms with van der Waals surface area (Å²) < 4.78 is 6.33. The number of rotatable bonds is 0. The van der Waals surface area contributed by atoms with Crippen molar-refractivity contribution in [3.05, 3.63) is 0 Å². The van der Waals surface area contributed by atoms with Crippen LogP contribution in [0.3, 0.4) is 0 Å². The summed E-state index contributed by atoms with van der Waals surface area (Å²) in [7, 11) is 0. The highest BCUT2D eigenvalue weighted by Gasteiger charge is 2.70. The van der Waals surface area contributed by atoms with Gasteiger partial charge in [0.15, 0.2) is 0 Å². The van der Waals surface area contributed by atoms with Gasteiger partial charge in [-0.3, -0.25) is 0 Å². The summed E-state index contributed by atoms with van der Waals surface area (Å²) in [5.74, 6) is 0.336. The van der Waals surface area contributed by atoms with Crippen LogP contribution in [0.25, 0.3) is 0 Å². The van der Waals surface area contributed by atoms with Gasteiger partial charge in [-0.25, -0.2) is 0 Å². The van der Waals surface area contributed by atoms with Gasteiger partial charge in [0.05, 0.1) is 34.9 Å². The lowest BCUT2D eigenvalue weighted by Crippen LogP contribution is -2.67. The molecule has 6 atom stereocenters. The summed E-state index contributed by atoms with van der Waals surface area (Å²) in [5.41, 5.74) is -1.48. The summed E-state index contributed by atoms with van der Waals surface area (Å²) in [6, 6.07) is 0. The van der Waals surface area contributed by atoms with Crippen molar-refractivity contribution in [3.63, 3.8) is 0 Å². The van der Waals surface area contributed by atoms with E-state index in [0.29, 0.717) is 18.8 Å². The Balaban J connectivity index is 2.07. The van der Waals surface area contributed by atoms with Gasteiger partial charge in [-0.2, -0.15) is 0 Å². The Morgan fingerprint density at radius 2 is 1.78 bits per heavy atom. The lowest BCUT2D eigenvalue weighted by Gasteiger charge is -2.57. The summed E-state index contributed by atoms with van der Waals surface area (Å²) >= 11 is 0. The molecule has 2 saturated carbocycles. The molecule has 18 heavy (non-hydrogen) atoms. The van der Waals surface area contributed by atoms with Crippen LogP contribution in [0.4, 0.5) is 0 Å². The molecule has 0 aromatic rings. The third-order valence-corrected chi connectivity index (χ3v) is 6.02. The van der Waals surface area contributed by atoms with E-state index < -0.39 is 29.3 Å². The van der Waals surface area contributed by atoms with Gasteiger partial charge < -0.3 is 20.1 Å². The monoisotopic (exact) mass is 256 g/mol. The molecule has 3 N–H and O–H groups in total. The third-order valence-electron chi connectivity index (χ3n) is 6.02. The first-order valence-electron chi connectivity index (χ1n) is 6.97. The molecule has 1 spiro atoms. The van der Waals surface area contributed by atoms with Crippen LogP contribution in [0.5, 0.6) is 0 Å². The maximum Gasteiger partial charge on any atom is 0.0904 e. The van der Waals surface area contributed by atoms with Crippen LogP contribution in [0.2, 0.25) is 0 Å². The fourth-order valence-corrected chi connectivity index (χ4v) is 4.61. The normalized spacial score (nSPS) is 58.3. The van der Waals surface area contributed by atoms with Gasteiger partial charge in [-0.15, -0.1) is 0 Å². The van der Waals surface area contributed by atoms with Crippen molar-refractivity contribution < 1.29 is 20.1 Å². The average molecular weight is 256 g/mol. The predicted molar refractivity (Wildman–Crippen MR) is 66.0 cm³/mol. The lowest BCUT2D eigenvalue weighted by molar-refractivity contribution is -0.256. The van der Waals surface area contributed by atoms with Crippen LogP contribution in [0.15, 0.2) is 0 Å². The summed E-state index contributed by atoms with van der Waals surface area (Å²) in [6.07, 6.45) is 0.537. The summed E-state index contributed by atoms with van der Waals surface area (Å²) in [5, 5.41) is 30.8. The second-order valence-electron chi connectivity index (χ2n) is 7.19. The molecule has 4 heteroatoms. The zero-order valence-corrected chi connectivity index (χ0v) is 11.4. The Kier molecular flexibility index (Phi) is 2.49. The molecule has 1 aliphatic heterocycles. The van der Waals surface area contributed by atoms with Gasteiger partial charge in [0.25, 0.3) is 0 Å². The molecule has 4 nitrogen and oxygen atoms in total. The first-order valence-corrected chi connectivity index (χ1v) is 6.97. The van der Waals surface area contributed by atoms with E-state index in [9.17, 15) is 15.3 Å². The number of ether oxygens (including phenoxy) is 1. The van der Waals surface area contributed by atoms with Gasteiger partial charge in [0.1, 0.15) is 0 Å². The van der Waals surface area contributed by atoms with E-state index in [4.69, 9.17) is 4.74 Å². The molecular formula is C14H24O4. The number of fused-ring (bicyclic) bond motifs is 1. The topological polar surface area (TPSA) is 69.9 Å². The minimum Gasteiger partial charge on any atom is -0.392 e. The van der Waals surface area contributed by atoms with Crippen molar-refractivity contribution in [3.8, 4) is 0 Å². The third kappa shape index (κ3) is 1.30. The van der Waals surface area contributed by atoms with Crippen LogP contribution >= 0.6 is 0 Å². The Labute approximate surface area is 108 Å². The van der Waals surface area contributed by atoms with Crippen LogP contribution in [0.1, 0.15) is 46.5 Å². The van der Waals surface area contributed by atoms with E-state index in [1.165, 1.54) is 0 Å². The molecule has 3 aliphatic rings. The standard InChI is InChI=1S/C14H24O4/c1-12(2)8-6-10(16)13(3)11(17)9(15)4-5-14(13,7-8)18-12/h8-11,15-17H,4-7H2,1-3H3. The number of hydrogen-bond acceptors (Lipinski definition) is 4. The quantitative estimate of drug-likeness (QED) is 0.600. The molecule has 1 saturated heterocycles. The Morgan fingerprint density at radius 3 is 2.44 bits per heavy atom. The number of aliphatic hydroxyl groups is 3. The Bertz CT molecular complexity index is 369. The maximum atomic E-state index is 10.5. The maximum absolute atomic E-state index is 10.5. The van der Waals surface area contributed by atoms with E-state index in [-0.39, 0.29) is 5.60 Å². The highest BCUT2D eigenvalue weighted by Crippen LogP contribution is 2.63. The van der Waals surface area contributed by atoms with Gasteiger partial charge in [0.2, 0.25) is 0 Å². The first kappa shape index (κ1) is 12.9. The minimum atomic E-state index is -0.906. The van der Waals surface area contributed by atoms with Crippen LogP contribution < -0.4 is 0 Å². The van der Waals surface area contributed by atoms with Gasteiger partial charge >= 0.3 is 0 Å². The van der Waals surface area contributed by atoms with E-state index in [1.807, 2.05) is 6.92 Å². The van der Waals surface area contributed by atoms with E-state index >= 15 is 0 Å². The molecule has 0 aromatic carbocycles. The minimum absolute atomic E-state index is 0.249. The summed E-state index contributed by atoms with van der Waals surface area (Å²) in [4.78, 5) is 0. The van der Waals surface area contributed by atoms with Crippen molar-refractivity contribution in [2.45, 2.75) is 76.0 Å². The molecular weight excluding hydrogens is 232 g/mol. The van der Waals surface area contributed by atoms with Gasteiger partial charge in [-0.1, -0.05) is 6.92 Å². The SMILES string of the molecule is CC1(C)OC23CCC(O)C(O)C2(C)C(O)CC1C3. The fraction of sp³-hybridized carbons (Fsp3) is 1.00. The molecule has 104 valence electrons. The molecule has 2 bridgehead atoms. The van der Waals surface area contributed by atoms with E-state index in [1.54, 1.807) is 0 Å². The zero-order valence-electron chi connectivity index (χ0n) is 11.4. The van der Waals surface area contributed by atoms with E-state index in [0.717, 1.165) is 12.8 Å². The molecule has 3 fully saturated rings. The molecule has 6 unspecified atom stereocenters. The number of aliphatic hydroxyl groups excluding tert-OH is 3. The number of hydrogen-bond donors (Lipinski definition) is 3. The lowest BCUT2D eigenvalue weighted by atomic mass is 9.53. The zero-order chi connectivity index (χ0) is 13.3. The summed E-state index contributed by atoms with van der Waals surface area (Å²) in [6.45, 7) is 6.02. The molecule has 2 aliphatic carbocycles. The van der Waals surface area contributed by atoms with Crippen molar-refractivity contribution in [2.24, 2.45) is 11.3 Å². The first-order chi connectivity index (χ1) is 8.23. The second-order valence-corrected chi connectivity index (χ2v) is 7.19. The molecule has 3 rings (SSSR count). The Morgan fingerprint density at radius 1 is 1.11 bits per heavy atom. The highest BCUT2D eigenvalue weighted by molar-refractivity contribution is 5.19. The van der Waals surface area contributed by atoms with Gasteiger partial charge in [0, 0.05) is 0 Å². The smallest absolute Gasteiger partial charge is 0.0904 e. The van der Waals surface area contributed by atoms with Crippen molar-refractivity contribution in [2.75, 3.05) is 0 Å². The molecule has 0 radical (unpaired) electrons. The van der Waals surface area contributed by atoms with Crippen molar-refractivity contribution in [1.82, 2.24) is 0 Å². The van der Waals surface area contributed by atoms with Crippen LogP contribution in [0, 0.1) is 11.3 Å². The van der Waals surface area contributed by atoms with E-state index in [2.05, 4.69) is 13.8 Å². The van der Waals surface area contributed by atoms with Crippen molar-refractivity contribution >= 4 is 0 Å². The van der Waals surface area contributed by atoms with Crippen molar-refractivity contribution in [1.29, 1.82) is 0 Å². The second kappa shape index (κ2) is 3.48. The van der Waals surface area contributed by atoms with Gasteiger partial charge in [-0.05, 0) is 45.4 Å². The fourth-order valence-electron chi connectivity index (χ4n) is 4.61. The molecule has 0 aromatic heterocycles. The van der Waals surface area contributed by atoms with Crippen LogP contribution in [-0.2, 0) is 4.74 Å². The van der Waals surface area contributed by atoms with Crippen LogP contribution in [-0.4, -0.2) is 44.8 Å².